The van der Waals surface area contributed by atoms with Crippen LogP contribution < -0.4 is 11.3 Å². The lowest BCUT2D eigenvalue weighted by molar-refractivity contribution is -0.121. The molecule has 0 aliphatic rings. The van der Waals surface area contributed by atoms with Gasteiger partial charge >= 0.3 is 0 Å². The monoisotopic (exact) mass is 417 g/mol. The molecule has 0 saturated heterocycles. The molecule has 0 radical (unpaired) electrons. The van der Waals surface area contributed by atoms with Crippen LogP contribution in [-0.2, 0) is 4.79 Å². The molecule has 4 aromatic rings. The van der Waals surface area contributed by atoms with Crippen molar-refractivity contribution in [3.63, 3.8) is 0 Å². The van der Waals surface area contributed by atoms with E-state index in [-0.39, 0.29) is 5.56 Å². The van der Waals surface area contributed by atoms with Crippen molar-refractivity contribution in [1.82, 2.24) is 9.55 Å². The van der Waals surface area contributed by atoms with Crippen molar-refractivity contribution in [2.45, 2.75) is 33.2 Å². The number of carbonyl (C=O) groups excluding carboxylic acids is 1. The van der Waals surface area contributed by atoms with E-state index in [1.54, 1.807) is 0 Å². The average molecular weight is 418 g/mol. The van der Waals surface area contributed by atoms with Crippen molar-refractivity contribution in [2.75, 3.05) is 0 Å². The molecule has 2 aromatic carbocycles. The molecule has 1 amide bonds. The van der Waals surface area contributed by atoms with Gasteiger partial charge in [0, 0.05) is 16.5 Å². The number of nitrogens with zero attached hydrogens (tertiary/aromatic N) is 2. The minimum absolute atomic E-state index is 0.237. The molecule has 30 heavy (non-hydrogen) atoms. The highest BCUT2D eigenvalue weighted by Crippen LogP contribution is 2.33. The van der Waals surface area contributed by atoms with E-state index in [0.29, 0.717) is 22.5 Å². The molecule has 0 aliphatic carbocycles. The second-order valence-corrected chi connectivity index (χ2v) is 8.36. The van der Waals surface area contributed by atoms with Gasteiger partial charge in [0.15, 0.2) is 0 Å². The van der Waals surface area contributed by atoms with Gasteiger partial charge in [-0.2, -0.15) is 0 Å². The molecule has 5 nitrogen and oxygen atoms in total. The fourth-order valence-electron chi connectivity index (χ4n) is 3.74. The number of primary amides is 1. The second kappa shape index (κ2) is 7.88. The van der Waals surface area contributed by atoms with E-state index in [9.17, 15) is 9.59 Å². The molecule has 0 fully saturated rings. The first-order chi connectivity index (χ1) is 14.4. The summed E-state index contributed by atoms with van der Waals surface area (Å²) in [6, 6.07) is 15.0. The topological polar surface area (TPSA) is 78.0 Å². The number of hydrogen-bond donors (Lipinski definition) is 1. The summed E-state index contributed by atoms with van der Waals surface area (Å²) < 4.78 is 1.48. The average Bonchev–Trinajstić information content (AvgIpc) is 3.14. The van der Waals surface area contributed by atoms with Gasteiger partial charge in [0.05, 0.1) is 5.39 Å². The van der Waals surface area contributed by atoms with Crippen molar-refractivity contribution < 1.29 is 4.79 Å². The third kappa shape index (κ3) is 3.44. The molecular formula is C24H23N3O2S. The standard InChI is InChI=1S/C24H23N3O2S/c1-4-19(21(25)28)27-22(17-7-5-6-15(3)12-17)26-23-20(24(27)29)18(13-30-23)16-10-8-14(2)9-11-16/h5-13,19H,4H2,1-3H3,(H2,25,28). The Morgan fingerprint density at radius 2 is 1.83 bits per heavy atom. The van der Waals surface area contributed by atoms with Crippen molar-refractivity contribution in [3.8, 4) is 22.5 Å². The fraction of sp³-hybridized carbons (Fsp3) is 0.208. The van der Waals surface area contributed by atoms with Gasteiger partial charge in [-0.3, -0.25) is 14.2 Å². The number of carbonyl (C=O) groups is 1. The Hall–Kier alpha value is -3.25. The van der Waals surface area contributed by atoms with Crippen LogP contribution in [0.5, 0.6) is 0 Å². The maximum absolute atomic E-state index is 13.8. The largest absolute Gasteiger partial charge is 0.368 e. The van der Waals surface area contributed by atoms with Gasteiger partial charge in [0.25, 0.3) is 5.56 Å². The Morgan fingerprint density at radius 3 is 2.47 bits per heavy atom. The van der Waals surface area contributed by atoms with Crippen LogP contribution in [0.25, 0.3) is 32.7 Å². The number of fused-ring (bicyclic) bond motifs is 1. The molecule has 152 valence electrons. The molecule has 4 rings (SSSR count). The molecule has 6 heteroatoms. The van der Waals surface area contributed by atoms with Gasteiger partial charge in [-0.25, -0.2) is 4.98 Å². The van der Waals surface area contributed by atoms with E-state index in [2.05, 4.69) is 0 Å². The molecule has 2 heterocycles. The Morgan fingerprint density at radius 1 is 1.10 bits per heavy atom. The van der Waals surface area contributed by atoms with Gasteiger partial charge in [-0.05, 0) is 31.9 Å². The minimum Gasteiger partial charge on any atom is -0.368 e. The second-order valence-electron chi connectivity index (χ2n) is 7.50. The van der Waals surface area contributed by atoms with E-state index in [1.807, 2.05) is 74.7 Å². The summed E-state index contributed by atoms with van der Waals surface area (Å²) in [6.07, 6.45) is 0.408. The number of thiophene rings is 1. The van der Waals surface area contributed by atoms with E-state index in [1.165, 1.54) is 15.9 Å². The first-order valence-electron chi connectivity index (χ1n) is 9.87. The highest BCUT2D eigenvalue weighted by Gasteiger charge is 2.25. The number of aryl methyl sites for hydroxylation is 2. The van der Waals surface area contributed by atoms with Gasteiger partial charge in [0.2, 0.25) is 5.91 Å². The van der Waals surface area contributed by atoms with Crippen molar-refractivity contribution in [1.29, 1.82) is 0 Å². The van der Waals surface area contributed by atoms with E-state index in [4.69, 9.17) is 10.7 Å². The number of hydrogen-bond acceptors (Lipinski definition) is 4. The number of rotatable bonds is 5. The maximum Gasteiger partial charge on any atom is 0.263 e. The molecular weight excluding hydrogens is 394 g/mol. The van der Waals surface area contributed by atoms with Crippen molar-refractivity contribution >= 4 is 27.5 Å². The van der Waals surface area contributed by atoms with Gasteiger partial charge in [-0.1, -0.05) is 60.5 Å². The number of aromatic nitrogens is 2. The first kappa shape index (κ1) is 20.0. The zero-order valence-corrected chi connectivity index (χ0v) is 18.0. The lowest BCUT2D eigenvalue weighted by Gasteiger charge is -2.19. The van der Waals surface area contributed by atoms with Gasteiger partial charge < -0.3 is 5.73 Å². The molecule has 0 bridgehead atoms. The summed E-state index contributed by atoms with van der Waals surface area (Å²) in [5, 5.41) is 2.49. The highest BCUT2D eigenvalue weighted by molar-refractivity contribution is 7.17. The SMILES string of the molecule is CCC(C(N)=O)n1c(-c2cccc(C)c2)nc2scc(-c3ccc(C)cc3)c2c1=O. The Kier molecular flexibility index (Phi) is 5.26. The van der Waals surface area contributed by atoms with Crippen LogP contribution in [0.1, 0.15) is 30.5 Å². The molecule has 2 N–H and O–H groups in total. The van der Waals surface area contributed by atoms with E-state index >= 15 is 0 Å². The summed E-state index contributed by atoms with van der Waals surface area (Å²) >= 11 is 1.44. The third-order valence-corrected chi connectivity index (χ3v) is 6.18. The van der Waals surface area contributed by atoms with Crippen LogP contribution in [0.2, 0.25) is 0 Å². The van der Waals surface area contributed by atoms with Crippen LogP contribution in [-0.4, -0.2) is 15.5 Å². The van der Waals surface area contributed by atoms with Crippen LogP contribution >= 0.6 is 11.3 Å². The number of amides is 1. The van der Waals surface area contributed by atoms with E-state index < -0.39 is 11.9 Å². The summed E-state index contributed by atoms with van der Waals surface area (Å²) in [5.74, 6) is -0.0686. The quantitative estimate of drug-likeness (QED) is 0.504. The Bertz CT molecular complexity index is 1300. The molecule has 2 aromatic heterocycles. The molecule has 0 saturated carbocycles. The van der Waals surface area contributed by atoms with Crippen molar-refractivity contribution in [2.24, 2.45) is 5.73 Å². The zero-order valence-electron chi connectivity index (χ0n) is 17.2. The maximum atomic E-state index is 13.8. The van der Waals surface area contributed by atoms with Crippen LogP contribution in [0.3, 0.4) is 0 Å². The third-order valence-electron chi connectivity index (χ3n) is 5.31. The number of benzene rings is 2. The van der Waals surface area contributed by atoms with E-state index in [0.717, 1.165) is 27.8 Å². The Labute approximate surface area is 178 Å². The van der Waals surface area contributed by atoms with Crippen LogP contribution in [0.4, 0.5) is 0 Å². The van der Waals surface area contributed by atoms with Crippen LogP contribution in [0, 0.1) is 13.8 Å². The molecule has 1 atom stereocenters. The summed E-state index contributed by atoms with van der Waals surface area (Å²) in [5.41, 5.74) is 10.2. The molecule has 0 aliphatic heterocycles. The van der Waals surface area contributed by atoms with Crippen LogP contribution in [0.15, 0.2) is 58.7 Å². The highest BCUT2D eigenvalue weighted by atomic mass is 32.1. The smallest absolute Gasteiger partial charge is 0.263 e. The predicted octanol–water partition coefficient (Wildman–Crippen LogP) is 4.85. The van der Waals surface area contributed by atoms with Gasteiger partial charge in [-0.15, -0.1) is 11.3 Å². The first-order valence-corrected chi connectivity index (χ1v) is 10.8. The predicted molar refractivity (Wildman–Crippen MR) is 123 cm³/mol. The van der Waals surface area contributed by atoms with Crippen molar-refractivity contribution in [3.05, 3.63) is 75.4 Å². The van der Waals surface area contributed by atoms with Gasteiger partial charge in [0.1, 0.15) is 16.7 Å². The summed E-state index contributed by atoms with van der Waals surface area (Å²) in [6.45, 7) is 5.86. The number of nitrogens with two attached hydrogens (primary N) is 1. The summed E-state index contributed by atoms with van der Waals surface area (Å²) in [4.78, 5) is 31.5. The lowest BCUT2D eigenvalue weighted by Crippen LogP contribution is -2.35. The molecule has 1 unspecified atom stereocenters. The summed E-state index contributed by atoms with van der Waals surface area (Å²) in [7, 11) is 0. The Balaban J connectivity index is 2.07. The normalized spacial score (nSPS) is 12.2. The minimum atomic E-state index is -0.768. The fourth-order valence-corrected chi connectivity index (χ4v) is 4.67. The molecule has 0 spiro atoms. The zero-order chi connectivity index (χ0) is 21.4. The lowest BCUT2D eigenvalue weighted by atomic mass is 10.0.